The summed E-state index contributed by atoms with van der Waals surface area (Å²) in [5.41, 5.74) is 0.922. The molecule has 164 valence electrons. The Balaban J connectivity index is 1.61. The molecular formula is C24H29N3O4. The van der Waals surface area contributed by atoms with Crippen molar-refractivity contribution >= 4 is 12.0 Å². The van der Waals surface area contributed by atoms with Crippen molar-refractivity contribution in [3.8, 4) is 5.75 Å². The normalized spacial score (nSPS) is 23.3. The van der Waals surface area contributed by atoms with Crippen molar-refractivity contribution in [1.82, 2.24) is 15.2 Å². The van der Waals surface area contributed by atoms with Crippen LogP contribution in [0.3, 0.4) is 0 Å². The molecule has 3 heterocycles. The highest BCUT2D eigenvalue weighted by Crippen LogP contribution is 2.44. The number of hydrogen-bond acceptors (Lipinski definition) is 5. The van der Waals surface area contributed by atoms with E-state index in [1.165, 1.54) is 0 Å². The van der Waals surface area contributed by atoms with Gasteiger partial charge in [-0.05, 0) is 45.2 Å². The molecule has 2 aromatic rings. The number of likely N-dealkylation sites (tertiary alicyclic amines) is 1. The first-order chi connectivity index (χ1) is 14.9. The molecule has 0 radical (unpaired) electrons. The second-order valence-electron chi connectivity index (χ2n) is 8.71. The van der Waals surface area contributed by atoms with Gasteiger partial charge in [-0.1, -0.05) is 30.3 Å². The Bertz CT molecular complexity index is 947. The number of amides is 2. The number of hydrogen-bond donors (Lipinski definition) is 1. The number of nitrogens with zero attached hydrogens (tertiary/aromatic N) is 2. The number of nitrogens with one attached hydrogen (secondary N) is 1. The van der Waals surface area contributed by atoms with Gasteiger partial charge in [0, 0.05) is 30.9 Å². The Hall–Kier alpha value is -3.09. The number of carbonyl (C=O) groups excluding carboxylic acids is 2. The van der Waals surface area contributed by atoms with Gasteiger partial charge >= 0.3 is 6.09 Å². The smallest absolute Gasteiger partial charge is 0.408 e. The summed E-state index contributed by atoms with van der Waals surface area (Å²) in [5.74, 6) is 0.733. The molecule has 1 saturated heterocycles. The number of benzene rings is 1. The molecule has 0 saturated carbocycles. The van der Waals surface area contributed by atoms with Crippen LogP contribution in [0.25, 0.3) is 0 Å². The highest BCUT2D eigenvalue weighted by Gasteiger charge is 2.50. The number of fused-ring (bicyclic) bond motifs is 1. The second-order valence-corrected chi connectivity index (χ2v) is 8.71. The Labute approximate surface area is 182 Å². The largest absolute Gasteiger partial charge is 0.483 e. The average Bonchev–Trinajstić information content (AvgIpc) is 2.75. The van der Waals surface area contributed by atoms with Crippen LogP contribution in [-0.4, -0.2) is 40.1 Å². The molecule has 2 amide bonds. The van der Waals surface area contributed by atoms with Gasteiger partial charge in [0.15, 0.2) is 6.10 Å². The Morgan fingerprint density at radius 2 is 2.03 bits per heavy atom. The molecule has 7 nitrogen and oxygen atoms in total. The standard InChI is InChI=1S/C24H29N3O4/c1-16(17-9-5-4-6-10-17)26-23(29)30-22-21(27-14-8-7-11-20(27)28)18-15-25-13-12-19(18)31-24(22,2)3/h4-6,9-10,12-13,15-16,21-22H,7-8,11,14H2,1-3H3,(H,26,29)/t16-,21-,22+/m0/s1. The topological polar surface area (TPSA) is 80.8 Å². The van der Waals surface area contributed by atoms with E-state index in [2.05, 4.69) is 10.3 Å². The van der Waals surface area contributed by atoms with Gasteiger partial charge in [-0.15, -0.1) is 0 Å². The molecule has 0 unspecified atom stereocenters. The molecule has 1 fully saturated rings. The molecule has 0 spiro atoms. The predicted octanol–water partition coefficient (Wildman–Crippen LogP) is 4.16. The van der Waals surface area contributed by atoms with Crippen LogP contribution in [0.15, 0.2) is 48.8 Å². The van der Waals surface area contributed by atoms with Crippen molar-refractivity contribution in [3.63, 3.8) is 0 Å². The van der Waals surface area contributed by atoms with E-state index in [0.717, 1.165) is 24.0 Å². The van der Waals surface area contributed by atoms with Crippen molar-refractivity contribution in [2.24, 2.45) is 0 Å². The third-order valence-electron chi connectivity index (χ3n) is 6.04. The van der Waals surface area contributed by atoms with E-state index in [1.807, 2.05) is 56.0 Å². The third kappa shape index (κ3) is 4.36. The molecule has 2 aliphatic heterocycles. The summed E-state index contributed by atoms with van der Waals surface area (Å²) < 4.78 is 12.2. The molecule has 7 heteroatoms. The first-order valence-electron chi connectivity index (χ1n) is 10.8. The molecule has 4 rings (SSSR count). The predicted molar refractivity (Wildman–Crippen MR) is 116 cm³/mol. The first kappa shape index (κ1) is 21.2. The summed E-state index contributed by atoms with van der Waals surface area (Å²) in [6.45, 7) is 6.30. The van der Waals surface area contributed by atoms with E-state index in [0.29, 0.717) is 18.7 Å². The SMILES string of the molecule is C[C@H](NC(=O)O[C@@H]1[C@@H](N2CCCCC2=O)c2cnccc2OC1(C)C)c1ccccc1. The van der Waals surface area contributed by atoms with Crippen LogP contribution in [0.1, 0.15) is 63.2 Å². The van der Waals surface area contributed by atoms with E-state index in [1.54, 1.807) is 18.5 Å². The summed E-state index contributed by atoms with van der Waals surface area (Å²) in [5, 5.41) is 2.90. The third-order valence-corrected chi connectivity index (χ3v) is 6.04. The maximum absolute atomic E-state index is 12.9. The maximum Gasteiger partial charge on any atom is 0.408 e. The van der Waals surface area contributed by atoms with Crippen LogP contribution in [0, 0.1) is 0 Å². The zero-order valence-corrected chi connectivity index (χ0v) is 18.2. The minimum Gasteiger partial charge on any atom is -0.483 e. The maximum atomic E-state index is 12.9. The minimum absolute atomic E-state index is 0.0652. The summed E-state index contributed by atoms with van der Waals surface area (Å²) in [6.07, 6.45) is 4.44. The van der Waals surface area contributed by atoms with E-state index in [-0.39, 0.29) is 11.9 Å². The number of aromatic nitrogens is 1. The molecule has 1 aromatic heterocycles. The van der Waals surface area contributed by atoms with E-state index < -0.39 is 23.8 Å². The lowest BCUT2D eigenvalue weighted by Crippen LogP contribution is -2.57. The van der Waals surface area contributed by atoms with Crippen LogP contribution in [0.2, 0.25) is 0 Å². The van der Waals surface area contributed by atoms with Crippen LogP contribution >= 0.6 is 0 Å². The molecule has 1 N–H and O–H groups in total. The second kappa shape index (κ2) is 8.57. The van der Waals surface area contributed by atoms with Gasteiger partial charge in [0.05, 0.1) is 6.04 Å². The van der Waals surface area contributed by atoms with Gasteiger partial charge in [0.2, 0.25) is 5.91 Å². The molecule has 0 bridgehead atoms. The number of pyridine rings is 1. The summed E-state index contributed by atoms with van der Waals surface area (Å²) in [4.78, 5) is 31.8. The first-order valence-corrected chi connectivity index (χ1v) is 10.8. The van der Waals surface area contributed by atoms with E-state index in [4.69, 9.17) is 9.47 Å². The molecule has 31 heavy (non-hydrogen) atoms. The summed E-state index contributed by atoms with van der Waals surface area (Å²) in [6, 6.07) is 10.8. The zero-order valence-electron chi connectivity index (χ0n) is 18.2. The lowest BCUT2D eigenvalue weighted by molar-refractivity contribution is -0.147. The Morgan fingerprint density at radius 1 is 1.26 bits per heavy atom. The number of rotatable bonds is 4. The average molecular weight is 424 g/mol. The lowest BCUT2D eigenvalue weighted by atomic mass is 9.85. The molecule has 3 atom stereocenters. The van der Waals surface area contributed by atoms with Crippen molar-refractivity contribution in [1.29, 1.82) is 0 Å². The highest BCUT2D eigenvalue weighted by molar-refractivity contribution is 5.78. The van der Waals surface area contributed by atoms with E-state index >= 15 is 0 Å². The van der Waals surface area contributed by atoms with E-state index in [9.17, 15) is 9.59 Å². The monoisotopic (exact) mass is 423 g/mol. The zero-order chi connectivity index (χ0) is 22.0. The van der Waals surface area contributed by atoms with Gasteiger partial charge in [0.25, 0.3) is 0 Å². The van der Waals surface area contributed by atoms with Crippen LogP contribution in [0.5, 0.6) is 5.75 Å². The minimum atomic E-state index is -0.829. The molecule has 0 aliphatic carbocycles. The van der Waals surface area contributed by atoms with Crippen LogP contribution in [-0.2, 0) is 9.53 Å². The van der Waals surface area contributed by atoms with Crippen molar-refractivity contribution in [2.75, 3.05) is 6.54 Å². The van der Waals surface area contributed by atoms with Crippen molar-refractivity contribution in [2.45, 2.75) is 63.8 Å². The fraction of sp³-hybridized carbons (Fsp3) is 0.458. The van der Waals surface area contributed by atoms with Crippen molar-refractivity contribution < 1.29 is 19.1 Å². The molecule has 2 aliphatic rings. The molecular weight excluding hydrogens is 394 g/mol. The lowest BCUT2D eigenvalue weighted by Gasteiger charge is -2.48. The quantitative estimate of drug-likeness (QED) is 0.799. The fourth-order valence-electron chi connectivity index (χ4n) is 4.40. The van der Waals surface area contributed by atoms with Gasteiger partial charge in [0.1, 0.15) is 17.4 Å². The van der Waals surface area contributed by atoms with Gasteiger partial charge < -0.3 is 19.7 Å². The summed E-state index contributed by atoms with van der Waals surface area (Å²) in [7, 11) is 0. The highest BCUT2D eigenvalue weighted by atomic mass is 16.6. The molecule has 1 aromatic carbocycles. The number of ether oxygens (including phenoxy) is 2. The number of alkyl carbamates (subject to hydrolysis) is 1. The number of piperidine rings is 1. The van der Waals surface area contributed by atoms with Gasteiger partial charge in [-0.3, -0.25) is 9.78 Å². The van der Waals surface area contributed by atoms with Crippen LogP contribution < -0.4 is 10.1 Å². The van der Waals surface area contributed by atoms with Crippen molar-refractivity contribution in [3.05, 3.63) is 59.9 Å². The Kier molecular flexibility index (Phi) is 5.85. The van der Waals surface area contributed by atoms with Crippen LogP contribution in [0.4, 0.5) is 4.79 Å². The van der Waals surface area contributed by atoms with Gasteiger partial charge in [-0.25, -0.2) is 4.79 Å². The fourth-order valence-corrected chi connectivity index (χ4v) is 4.40. The van der Waals surface area contributed by atoms with Gasteiger partial charge in [-0.2, -0.15) is 0 Å². The number of carbonyl (C=O) groups is 2. The Morgan fingerprint density at radius 3 is 2.77 bits per heavy atom. The summed E-state index contributed by atoms with van der Waals surface area (Å²) >= 11 is 0.